The Morgan fingerprint density at radius 1 is 1.77 bits per heavy atom. The highest BCUT2D eigenvalue weighted by Crippen LogP contribution is 2.52. The van der Waals surface area contributed by atoms with Crippen molar-refractivity contribution in [3.63, 3.8) is 0 Å². The van der Waals surface area contributed by atoms with Crippen LogP contribution < -0.4 is 5.73 Å². The standard InChI is InChI=1S/C10H15NO2/c1-7(12)13-10(6-11)5-8-3-2-4-9(8)10/h2-3,8-9H,4-6,11H2,1H3/t8-,9-,10-/m1/s1. The van der Waals surface area contributed by atoms with Crippen LogP contribution in [0.5, 0.6) is 0 Å². The Morgan fingerprint density at radius 3 is 3.08 bits per heavy atom. The number of carbonyl (C=O) groups excluding carboxylic acids is 1. The van der Waals surface area contributed by atoms with Crippen molar-refractivity contribution in [2.24, 2.45) is 17.6 Å². The van der Waals surface area contributed by atoms with E-state index < -0.39 is 0 Å². The molecule has 0 aliphatic heterocycles. The maximum Gasteiger partial charge on any atom is 0.303 e. The number of ether oxygens (including phenoxy) is 1. The lowest BCUT2D eigenvalue weighted by Crippen LogP contribution is -2.59. The predicted octanol–water partition coefficient (Wildman–Crippen LogP) is 0.843. The third kappa shape index (κ3) is 1.18. The van der Waals surface area contributed by atoms with Crippen LogP contribution in [0.2, 0.25) is 0 Å². The minimum atomic E-state index is -0.347. The number of hydrogen-bond donors (Lipinski definition) is 1. The van der Waals surface area contributed by atoms with Crippen LogP contribution in [0.4, 0.5) is 0 Å². The molecule has 2 N–H and O–H groups in total. The fourth-order valence-electron chi connectivity index (χ4n) is 2.59. The molecule has 0 aromatic rings. The van der Waals surface area contributed by atoms with Gasteiger partial charge in [0.25, 0.3) is 0 Å². The Labute approximate surface area is 77.9 Å². The van der Waals surface area contributed by atoms with E-state index in [0.717, 1.165) is 12.8 Å². The first kappa shape index (κ1) is 8.75. The highest BCUT2D eigenvalue weighted by Gasteiger charge is 2.55. The molecule has 0 unspecified atom stereocenters. The number of esters is 1. The summed E-state index contributed by atoms with van der Waals surface area (Å²) >= 11 is 0. The van der Waals surface area contributed by atoms with Gasteiger partial charge in [-0.1, -0.05) is 12.2 Å². The van der Waals surface area contributed by atoms with Crippen LogP contribution in [0.15, 0.2) is 12.2 Å². The molecule has 2 aliphatic rings. The molecule has 0 amide bonds. The van der Waals surface area contributed by atoms with Gasteiger partial charge in [-0.15, -0.1) is 0 Å². The van der Waals surface area contributed by atoms with E-state index in [4.69, 9.17) is 10.5 Å². The zero-order valence-electron chi connectivity index (χ0n) is 7.82. The highest BCUT2D eigenvalue weighted by molar-refractivity contribution is 5.67. The van der Waals surface area contributed by atoms with Crippen LogP contribution >= 0.6 is 0 Å². The van der Waals surface area contributed by atoms with Gasteiger partial charge in [-0.3, -0.25) is 4.79 Å². The van der Waals surface area contributed by atoms with Crippen LogP contribution in [-0.2, 0) is 9.53 Å². The molecule has 72 valence electrons. The van der Waals surface area contributed by atoms with Crippen molar-refractivity contribution in [2.75, 3.05) is 6.54 Å². The molecule has 0 heterocycles. The average molecular weight is 181 g/mol. The second-order valence-corrected chi connectivity index (χ2v) is 4.00. The van der Waals surface area contributed by atoms with Gasteiger partial charge in [0, 0.05) is 19.4 Å². The van der Waals surface area contributed by atoms with Crippen molar-refractivity contribution in [3.05, 3.63) is 12.2 Å². The second-order valence-electron chi connectivity index (χ2n) is 4.00. The van der Waals surface area contributed by atoms with Crippen LogP contribution in [0.1, 0.15) is 19.8 Å². The molecule has 2 aliphatic carbocycles. The maximum atomic E-state index is 10.9. The molecule has 3 atom stereocenters. The third-order valence-corrected chi connectivity index (χ3v) is 3.24. The number of rotatable bonds is 2. The first-order valence-electron chi connectivity index (χ1n) is 4.74. The number of nitrogens with two attached hydrogens (primary N) is 1. The summed E-state index contributed by atoms with van der Waals surface area (Å²) in [6.07, 6.45) is 6.29. The summed E-state index contributed by atoms with van der Waals surface area (Å²) in [6.45, 7) is 1.91. The normalized spacial score (nSPS) is 41.1. The van der Waals surface area contributed by atoms with Crippen LogP contribution in [0, 0.1) is 11.8 Å². The summed E-state index contributed by atoms with van der Waals surface area (Å²) in [6, 6.07) is 0. The van der Waals surface area contributed by atoms with Gasteiger partial charge in [-0.2, -0.15) is 0 Å². The van der Waals surface area contributed by atoms with Gasteiger partial charge in [-0.25, -0.2) is 0 Å². The molecule has 1 fully saturated rings. The first-order valence-corrected chi connectivity index (χ1v) is 4.74. The summed E-state index contributed by atoms with van der Waals surface area (Å²) in [5.41, 5.74) is 5.32. The summed E-state index contributed by atoms with van der Waals surface area (Å²) in [4.78, 5) is 10.9. The lowest BCUT2D eigenvalue weighted by Gasteiger charge is -2.50. The number of hydrogen-bond acceptors (Lipinski definition) is 3. The zero-order chi connectivity index (χ0) is 9.47. The van der Waals surface area contributed by atoms with Gasteiger partial charge in [0.2, 0.25) is 0 Å². The van der Waals surface area contributed by atoms with Crippen LogP contribution in [0.3, 0.4) is 0 Å². The predicted molar refractivity (Wildman–Crippen MR) is 48.9 cm³/mol. The fourth-order valence-corrected chi connectivity index (χ4v) is 2.59. The second kappa shape index (κ2) is 2.84. The van der Waals surface area contributed by atoms with Crippen LogP contribution in [0.25, 0.3) is 0 Å². The Hall–Kier alpha value is -0.830. The van der Waals surface area contributed by atoms with E-state index in [1.54, 1.807) is 0 Å². The van der Waals surface area contributed by atoms with E-state index in [1.165, 1.54) is 6.92 Å². The van der Waals surface area contributed by atoms with Gasteiger partial charge < -0.3 is 10.5 Å². The smallest absolute Gasteiger partial charge is 0.303 e. The highest BCUT2D eigenvalue weighted by atomic mass is 16.6. The Kier molecular flexibility index (Phi) is 1.91. The zero-order valence-corrected chi connectivity index (χ0v) is 7.82. The van der Waals surface area contributed by atoms with E-state index >= 15 is 0 Å². The SMILES string of the molecule is CC(=O)O[C@@]1(CN)C[C@H]2C=CC[C@H]21. The summed E-state index contributed by atoms with van der Waals surface area (Å²) < 4.78 is 5.33. The molecule has 0 radical (unpaired) electrons. The molecule has 0 saturated heterocycles. The Bertz CT molecular complexity index is 262. The maximum absolute atomic E-state index is 10.9. The summed E-state index contributed by atoms with van der Waals surface area (Å²) in [7, 11) is 0. The monoisotopic (exact) mass is 181 g/mol. The lowest BCUT2D eigenvalue weighted by molar-refractivity contribution is -0.183. The topological polar surface area (TPSA) is 52.3 Å². The molecular weight excluding hydrogens is 166 g/mol. The molecule has 0 bridgehead atoms. The molecule has 0 aromatic carbocycles. The molecule has 3 heteroatoms. The summed E-state index contributed by atoms with van der Waals surface area (Å²) in [5.74, 6) is 0.833. The van der Waals surface area contributed by atoms with Crippen molar-refractivity contribution in [1.82, 2.24) is 0 Å². The quantitative estimate of drug-likeness (QED) is 0.507. The van der Waals surface area contributed by atoms with E-state index in [2.05, 4.69) is 12.2 Å². The Balaban J connectivity index is 2.07. The molecular formula is C10H15NO2. The fraction of sp³-hybridized carbons (Fsp3) is 0.700. The van der Waals surface area contributed by atoms with Gasteiger partial charge in [0.1, 0.15) is 5.60 Å². The van der Waals surface area contributed by atoms with Gasteiger partial charge in [0.15, 0.2) is 0 Å². The van der Waals surface area contributed by atoms with Crippen molar-refractivity contribution in [1.29, 1.82) is 0 Å². The molecule has 0 spiro atoms. The first-order chi connectivity index (χ1) is 6.18. The number of carbonyl (C=O) groups is 1. The number of allylic oxidation sites excluding steroid dienone is 2. The molecule has 0 aromatic heterocycles. The van der Waals surface area contributed by atoms with Crippen molar-refractivity contribution >= 4 is 5.97 Å². The average Bonchev–Trinajstić information content (AvgIpc) is 2.43. The minimum Gasteiger partial charge on any atom is -0.458 e. The molecule has 2 rings (SSSR count). The van der Waals surface area contributed by atoms with Crippen molar-refractivity contribution in [2.45, 2.75) is 25.4 Å². The van der Waals surface area contributed by atoms with Crippen LogP contribution in [-0.4, -0.2) is 18.1 Å². The Morgan fingerprint density at radius 2 is 2.54 bits per heavy atom. The third-order valence-electron chi connectivity index (χ3n) is 3.24. The summed E-state index contributed by atoms with van der Waals surface area (Å²) in [5, 5.41) is 0. The van der Waals surface area contributed by atoms with Gasteiger partial charge in [-0.05, 0) is 18.8 Å². The van der Waals surface area contributed by atoms with Crippen molar-refractivity contribution < 1.29 is 9.53 Å². The van der Waals surface area contributed by atoms with Gasteiger partial charge >= 0.3 is 5.97 Å². The minimum absolute atomic E-state index is 0.212. The van der Waals surface area contributed by atoms with E-state index in [0.29, 0.717) is 18.4 Å². The van der Waals surface area contributed by atoms with Gasteiger partial charge in [0.05, 0.1) is 0 Å². The largest absolute Gasteiger partial charge is 0.458 e. The van der Waals surface area contributed by atoms with E-state index in [-0.39, 0.29) is 11.6 Å². The van der Waals surface area contributed by atoms with Crippen molar-refractivity contribution in [3.8, 4) is 0 Å². The molecule has 13 heavy (non-hydrogen) atoms. The molecule has 1 saturated carbocycles. The van der Waals surface area contributed by atoms with E-state index in [1.807, 2.05) is 0 Å². The molecule has 3 nitrogen and oxygen atoms in total. The van der Waals surface area contributed by atoms with E-state index in [9.17, 15) is 4.79 Å². The number of fused-ring (bicyclic) bond motifs is 1. The lowest BCUT2D eigenvalue weighted by atomic mass is 9.62.